The summed E-state index contributed by atoms with van der Waals surface area (Å²) in [4.78, 5) is 12.5. The Labute approximate surface area is 99.5 Å². The number of aliphatic imine (C=N–C) groups is 1. The Morgan fingerprint density at radius 2 is 2.06 bits per heavy atom. The van der Waals surface area contributed by atoms with Gasteiger partial charge in [-0.05, 0) is 12.8 Å². The van der Waals surface area contributed by atoms with E-state index in [4.69, 9.17) is 32.2 Å². The van der Waals surface area contributed by atoms with Crippen molar-refractivity contribution in [1.29, 1.82) is 5.41 Å². The molecule has 9 heteroatoms. The monoisotopic (exact) mass is 248 g/mol. The number of nitrogens with zero attached hydrogens (tertiary/aromatic N) is 2. The molecule has 0 aromatic heterocycles. The number of nitrogens with two attached hydrogens (primary N) is 2. The normalized spacial score (nSPS) is 12.0. The van der Waals surface area contributed by atoms with Gasteiger partial charge in [-0.15, -0.1) is 10.1 Å². The zero-order chi connectivity index (χ0) is 13.8. The van der Waals surface area contributed by atoms with Crippen LogP contribution in [0.3, 0.4) is 0 Å². The lowest BCUT2D eigenvalue weighted by molar-refractivity contribution is -0.742. The molecule has 0 aromatic carbocycles. The van der Waals surface area contributed by atoms with Crippen molar-refractivity contribution in [3.05, 3.63) is 10.1 Å². The summed E-state index contributed by atoms with van der Waals surface area (Å²) in [5.74, 6) is 0.0559. The summed E-state index contributed by atoms with van der Waals surface area (Å²) < 4.78 is 0. The first-order chi connectivity index (χ1) is 7.83. The van der Waals surface area contributed by atoms with Gasteiger partial charge in [0.1, 0.15) is 0 Å². The largest absolute Gasteiger partial charge is 0.370 e. The molecule has 0 spiro atoms. The Kier molecular flexibility index (Phi) is 10.7. The van der Waals surface area contributed by atoms with Gasteiger partial charge in [-0.25, -0.2) is 4.99 Å². The number of hydrogen-bond acceptors (Lipinski definition) is 4. The first kappa shape index (κ1) is 17.3. The van der Waals surface area contributed by atoms with E-state index in [9.17, 15) is 0 Å². The second-order valence-electron chi connectivity index (χ2n) is 3.14. The molecule has 0 fully saturated rings. The fourth-order valence-corrected chi connectivity index (χ4v) is 1.06. The predicted molar refractivity (Wildman–Crippen MR) is 64.4 cm³/mol. The molecule has 0 aliphatic heterocycles. The number of nitrogens with one attached hydrogen (secondary N) is 2. The summed E-state index contributed by atoms with van der Waals surface area (Å²) in [6.45, 7) is 4.16. The molecule has 0 amide bonds. The van der Waals surface area contributed by atoms with Crippen LogP contribution in [0.1, 0.15) is 33.1 Å². The van der Waals surface area contributed by atoms with Crippen molar-refractivity contribution in [1.82, 2.24) is 5.32 Å². The van der Waals surface area contributed by atoms with Crippen LogP contribution < -0.4 is 16.8 Å². The molecule has 0 saturated carbocycles. The zero-order valence-corrected chi connectivity index (χ0v) is 10.0. The van der Waals surface area contributed by atoms with E-state index in [-0.39, 0.29) is 18.0 Å². The highest BCUT2D eigenvalue weighted by atomic mass is 16.9. The van der Waals surface area contributed by atoms with Gasteiger partial charge < -0.3 is 16.7 Å². The number of guanidine groups is 2. The molecule has 0 aromatic rings. The molecule has 0 aliphatic rings. The summed E-state index contributed by atoms with van der Waals surface area (Å²) in [7, 11) is 0. The Bertz CT molecular complexity index is 264. The third-order valence-electron chi connectivity index (χ3n) is 1.68. The molecule has 0 radical (unpaired) electrons. The second kappa shape index (κ2) is 10.5. The van der Waals surface area contributed by atoms with Crippen LogP contribution in [-0.2, 0) is 0 Å². The van der Waals surface area contributed by atoms with Gasteiger partial charge in [-0.1, -0.05) is 20.3 Å². The fourth-order valence-electron chi connectivity index (χ4n) is 1.06. The SMILES string of the molecule is CCCC(CC)N=C(N)NC(=N)N.O=[N+]([O-])O. The quantitative estimate of drug-likeness (QED) is 0.203. The Hall–Kier alpha value is -2.06. The smallest absolute Gasteiger partial charge is 0.291 e. The second-order valence-corrected chi connectivity index (χ2v) is 3.14. The van der Waals surface area contributed by atoms with Crippen molar-refractivity contribution in [2.75, 3.05) is 0 Å². The average Bonchev–Trinajstić information content (AvgIpc) is 2.14. The van der Waals surface area contributed by atoms with Crippen LogP contribution >= 0.6 is 0 Å². The summed E-state index contributed by atoms with van der Waals surface area (Å²) in [6, 6.07) is 0.233. The summed E-state index contributed by atoms with van der Waals surface area (Å²) in [6.07, 6.45) is 3.04. The van der Waals surface area contributed by atoms with Gasteiger partial charge in [-0.3, -0.25) is 10.7 Å². The van der Waals surface area contributed by atoms with Gasteiger partial charge in [0.15, 0.2) is 11.9 Å². The van der Waals surface area contributed by atoms with Gasteiger partial charge in [0.05, 0.1) is 6.04 Å². The molecule has 100 valence electrons. The molecular weight excluding hydrogens is 228 g/mol. The lowest BCUT2D eigenvalue weighted by atomic mass is 10.1. The molecule has 7 N–H and O–H groups in total. The predicted octanol–water partition coefficient (Wildman–Crippen LogP) is 0.0152. The Balaban J connectivity index is 0. The van der Waals surface area contributed by atoms with Crippen LogP contribution in [0.5, 0.6) is 0 Å². The first-order valence-electron chi connectivity index (χ1n) is 5.11. The van der Waals surface area contributed by atoms with Crippen molar-refractivity contribution in [3.63, 3.8) is 0 Å². The summed E-state index contributed by atoms with van der Waals surface area (Å²) in [5.41, 5.74) is 10.6. The Morgan fingerprint density at radius 3 is 2.35 bits per heavy atom. The van der Waals surface area contributed by atoms with E-state index in [1.54, 1.807) is 0 Å². The molecule has 17 heavy (non-hydrogen) atoms. The number of rotatable bonds is 4. The van der Waals surface area contributed by atoms with Crippen LogP contribution in [-0.4, -0.2) is 28.3 Å². The topological polar surface area (TPSA) is 164 Å². The zero-order valence-electron chi connectivity index (χ0n) is 10.0. The highest BCUT2D eigenvalue weighted by Gasteiger charge is 2.03. The lowest BCUT2D eigenvalue weighted by Gasteiger charge is -2.10. The molecule has 0 bridgehead atoms. The van der Waals surface area contributed by atoms with Gasteiger partial charge in [0.2, 0.25) is 0 Å². The van der Waals surface area contributed by atoms with Crippen molar-refractivity contribution in [2.24, 2.45) is 16.5 Å². The van der Waals surface area contributed by atoms with Gasteiger partial charge >= 0.3 is 0 Å². The molecule has 0 aliphatic carbocycles. The Morgan fingerprint density at radius 1 is 1.59 bits per heavy atom. The van der Waals surface area contributed by atoms with Crippen molar-refractivity contribution >= 4 is 11.9 Å². The van der Waals surface area contributed by atoms with Crippen LogP contribution in [0.2, 0.25) is 0 Å². The molecule has 0 rings (SSSR count). The van der Waals surface area contributed by atoms with Crippen molar-refractivity contribution in [3.8, 4) is 0 Å². The van der Waals surface area contributed by atoms with Crippen LogP contribution in [0.25, 0.3) is 0 Å². The first-order valence-corrected chi connectivity index (χ1v) is 5.11. The van der Waals surface area contributed by atoms with Gasteiger partial charge in [0.25, 0.3) is 5.09 Å². The molecule has 0 heterocycles. The molecule has 9 nitrogen and oxygen atoms in total. The van der Waals surface area contributed by atoms with Gasteiger partial charge in [0, 0.05) is 0 Å². The minimum absolute atomic E-state index is 0.174. The van der Waals surface area contributed by atoms with E-state index in [0.29, 0.717) is 0 Å². The molecule has 1 atom stereocenters. The maximum absolute atomic E-state index is 8.36. The van der Waals surface area contributed by atoms with E-state index in [2.05, 4.69) is 24.2 Å². The fraction of sp³-hybridized carbons (Fsp3) is 0.750. The third kappa shape index (κ3) is 16.6. The highest BCUT2D eigenvalue weighted by Crippen LogP contribution is 2.04. The third-order valence-corrected chi connectivity index (χ3v) is 1.68. The molecular formula is C8H20N6O3. The summed E-state index contributed by atoms with van der Waals surface area (Å²) >= 11 is 0. The van der Waals surface area contributed by atoms with E-state index < -0.39 is 5.09 Å². The van der Waals surface area contributed by atoms with Crippen LogP contribution in [0, 0.1) is 15.5 Å². The van der Waals surface area contributed by atoms with Crippen molar-refractivity contribution < 1.29 is 10.3 Å². The van der Waals surface area contributed by atoms with E-state index >= 15 is 0 Å². The molecule has 1 unspecified atom stereocenters. The minimum Gasteiger partial charge on any atom is -0.370 e. The van der Waals surface area contributed by atoms with Crippen LogP contribution in [0.4, 0.5) is 0 Å². The lowest BCUT2D eigenvalue weighted by Crippen LogP contribution is -2.41. The molecule has 0 saturated heterocycles. The van der Waals surface area contributed by atoms with Crippen molar-refractivity contribution in [2.45, 2.75) is 39.2 Å². The van der Waals surface area contributed by atoms with E-state index in [1.165, 1.54) is 0 Å². The number of hydrogen-bond donors (Lipinski definition) is 5. The maximum atomic E-state index is 8.36. The van der Waals surface area contributed by atoms with E-state index in [0.717, 1.165) is 19.3 Å². The maximum Gasteiger partial charge on any atom is 0.291 e. The minimum atomic E-state index is -1.50. The van der Waals surface area contributed by atoms with E-state index in [1.807, 2.05) is 0 Å². The van der Waals surface area contributed by atoms with Crippen LogP contribution in [0.15, 0.2) is 4.99 Å². The highest BCUT2D eigenvalue weighted by molar-refractivity contribution is 5.95. The standard InChI is InChI=1S/C8H19N5.HNO3/c1-3-5-6(4-2)12-8(11)13-7(9)10;2-1(3)4/h6H,3-5H2,1-2H3,(H6,9,10,11,12,13);(H,2,3,4). The van der Waals surface area contributed by atoms with Gasteiger partial charge in [-0.2, -0.15) is 0 Å². The average molecular weight is 248 g/mol. The summed E-state index contributed by atoms with van der Waals surface area (Å²) in [5, 5.41) is 23.0.